The monoisotopic (exact) mass is 305 g/mol. The van der Waals surface area contributed by atoms with E-state index in [4.69, 9.17) is 0 Å². The summed E-state index contributed by atoms with van der Waals surface area (Å²) < 4.78 is 15.8. The fourth-order valence-corrected chi connectivity index (χ4v) is 2.09. The van der Waals surface area contributed by atoms with Crippen molar-refractivity contribution in [2.45, 2.75) is 6.92 Å². The van der Waals surface area contributed by atoms with Crippen molar-refractivity contribution in [3.8, 4) is 11.4 Å². The molecule has 3 aromatic heterocycles. The van der Waals surface area contributed by atoms with E-state index in [1.54, 1.807) is 6.07 Å². The van der Waals surface area contributed by atoms with Crippen LogP contribution in [0.25, 0.3) is 17.0 Å². The first-order valence-corrected chi connectivity index (χ1v) is 6.19. The zero-order chi connectivity index (χ0) is 12.7. The summed E-state index contributed by atoms with van der Waals surface area (Å²) in [5.74, 6) is -0.346. The lowest BCUT2D eigenvalue weighted by Crippen LogP contribution is -1.85. The maximum Gasteiger partial charge on any atom is 0.141 e. The number of aromatic nitrogens is 3. The van der Waals surface area contributed by atoms with Crippen LogP contribution in [-0.4, -0.2) is 14.4 Å². The fraction of sp³-hybridized carbons (Fsp3) is 0.0769. The van der Waals surface area contributed by atoms with Gasteiger partial charge in [-0.05, 0) is 46.6 Å². The van der Waals surface area contributed by atoms with Crippen molar-refractivity contribution in [2.75, 3.05) is 0 Å². The predicted octanol–water partition coefficient (Wildman–Crippen LogP) is 3.61. The molecule has 0 aliphatic heterocycles. The molecular weight excluding hydrogens is 297 g/mol. The van der Waals surface area contributed by atoms with Crippen LogP contribution >= 0.6 is 15.9 Å². The summed E-state index contributed by atoms with van der Waals surface area (Å²) in [5.41, 5.74) is 3.35. The topological polar surface area (TPSA) is 30.2 Å². The minimum atomic E-state index is -0.346. The van der Waals surface area contributed by atoms with Crippen LogP contribution in [-0.2, 0) is 0 Å². The highest BCUT2D eigenvalue weighted by atomic mass is 79.9. The van der Waals surface area contributed by atoms with E-state index < -0.39 is 0 Å². The minimum Gasteiger partial charge on any atom is -0.305 e. The summed E-state index contributed by atoms with van der Waals surface area (Å²) in [6.45, 7) is 2.01. The largest absolute Gasteiger partial charge is 0.305 e. The highest BCUT2D eigenvalue weighted by molar-refractivity contribution is 9.10. The maximum atomic E-state index is 12.8. The molecule has 3 rings (SSSR count). The Hall–Kier alpha value is -1.75. The van der Waals surface area contributed by atoms with E-state index in [0.717, 1.165) is 21.4 Å². The lowest BCUT2D eigenvalue weighted by molar-refractivity contribution is 0.622. The standard InChI is InChI=1S/C13H9BrFN3/c1-8-4-13-17-12(7-18(13)6-10(8)14)11-3-2-9(15)5-16-11/h2-7H,1H3. The van der Waals surface area contributed by atoms with Crippen molar-refractivity contribution in [1.82, 2.24) is 14.4 Å². The molecule has 3 heterocycles. The molecule has 0 fully saturated rings. The number of pyridine rings is 2. The molecule has 0 N–H and O–H groups in total. The van der Waals surface area contributed by atoms with E-state index in [1.807, 2.05) is 29.8 Å². The van der Waals surface area contributed by atoms with E-state index in [-0.39, 0.29) is 5.82 Å². The zero-order valence-corrected chi connectivity index (χ0v) is 11.1. The van der Waals surface area contributed by atoms with Crippen molar-refractivity contribution in [2.24, 2.45) is 0 Å². The number of nitrogens with zero attached hydrogens (tertiary/aromatic N) is 3. The van der Waals surface area contributed by atoms with Gasteiger partial charge in [0.15, 0.2) is 0 Å². The predicted molar refractivity (Wildman–Crippen MR) is 70.8 cm³/mol. The molecule has 0 spiro atoms. The van der Waals surface area contributed by atoms with E-state index in [2.05, 4.69) is 25.9 Å². The fourth-order valence-electron chi connectivity index (χ4n) is 1.76. The first-order valence-electron chi connectivity index (χ1n) is 5.40. The first-order chi connectivity index (χ1) is 8.63. The number of aryl methyl sites for hydroxylation is 1. The molecule has 5 heteroatoms. The molecule has 90 valence electrons. The van der Waals surface area contributed by atoms with Gasteiger partial charge in [0.05, 0.1) is 11.9 Å². The van der Waals surface area contributed by atoms with Crippen LogP contribution in [0.5, 0.6) is 0 Å². The minimum absolute atomic E-state index is 0.346. The Morgan fingerprint density at radius 3 is 2.78 bits per heavy atom. The molecule has 0 aliphatic rings. The van der Waals surface area contributed by atoms with Gasteiger partial charge in [0.1, 0.15) is 17.2 Å². The summed E-state index contributed by atoms with van der Waals surface area (Å²) in [5, 5.41) is 0. The van der Waals surface area contributed by atoms with Crippen LogP contribution in [0.4, 0.5) is 4.39 Å². The van der Waals surface area contributed by atoms with Crippen LogP contribution in [0.1, 0.15) is 5.56 Å². The third-order valence-corrected chi connectivity index (χ3v) is 3.56. The van der Waals surface area contributed by atoms with Gasteiger partial charge in [-0.1, -0.05) is 0 Å². The highest BCUT2D eigenvalue weighted by Crippen LogP contribution is 2.21. The molecule has 0 unspecified atom stereocenters. The van der Waals surface area contributed by atoms with Crippen molar-refractivity contribution < 1.29 is 4.39 Å². The normalized spacial score (nSPS) is 11.1. The van der Waals surface area contributed by atoms with Gasteiger partial charge in [0.25, 0.3) is 0 Å². The molecule has 18 heavy (non-hydrogen) atoms. The Labute approximate surface area is 111 Å². The van der Waals surface area contributed by atoms with Gasteiger partial charge in [0.2, 0.25) is 0 Å². The van der Waals surface area contributed by atoms with Gasteiger partial charge in [-0.3, -0.25) is 4.98 Å². The lowest BCUT2D eigenvalue weighted by Gasteiger charge is -1.98. The Morgan fingerprint density at radius 2 is 2.06 bits per heavy atom. The number of halogens is 2. The van der Waals surface area contributed by atoms with E-state index in [1.165, 1.54) is 12.3 Å². The van der Waals surface area contributed by atoms with E-state index in [0.29, 0.717) is 5.69 Å². The molecule has 0 atom stereocenters. The second-order valence-corrected chi connectivity index (χ2v) is 4.91. The second-order valence-electron chi connectivity index (χ2n) is 4.06. The quantitative estimate of drug-likeness (QED) is 0.687. The zero-order valence-electron chi connectivity index (χ0n) is 9.56. The molecule has 0 amide bonds. The molecule has 0 saturated carbocycles. The van der Waals surface area contributed by atoms with Crippen LogP contribution in [0.15, 0.2) is 41.3 Å². The van der Waals surface area contributed by atoms with Crippen LogP contribution in [0, 0.1) is 12.7 Å². The first kappa shape index (κ1) is 11.3. The number of imidazole rings is 1. The summed E-state index contributed by atoms with van der Waals surface area (Å²) >= 11 is 3.48. The Balaban J connectivity index is 2.16. The highest BCUT2D eigenvalue weighted by Gasteiger charge is 2.07. The molecule has 0 saturated heterocycles. The molecule has 0 aliphatic carbocycles. The summed E-state index contributed by atoms with van der Waals surface area (Å²) in [6.07, 6.45) is 5.02. The molecule has 0 aromatic carbocycles. The Morgan fingerprint density at radius 1 is 1.22 bits per heavy atom. The Kier molecular flexibility index (Phi) is 2.63. The van der Waals surface area contributed by atoms with Gasteiger partial charge in [-0.2, -0.15) is 0 Å². The van der Waals surface area contributed by atoms with Crippen LogP contribution < -0.4 is 0 Å². The summed E-state index contributed by atoms with van der Waals surface area (Å²) in [7, 11) is 0. The van der Waals surface area contributed by atoms with Crippen molar-refractivity contribution in [3.05, 3.63) is 52.6 Å². The Bertz CT molecular complexity index is 680. The average Bonchev–Trinajstić information content (AvgIpc) is 2.73. The van der Waals surface area contributed by atoms with Crippen molar-refractivity contribution >= 4 is 21.6 Å². The van der Waals surface area contributed by atoms with Crippen molar-refractivity contribution in [1.29, 1.82) is 0 Å². The number of rotatable bonds is 1. The molecule has 0 bridgehead atoms. The molecular formula is C13H9BrFN3. The SMILES string of the molecule is Cc1cc2nc(-c3ccc(F)cn3)cn2cc1Br. The average molecular weight is 306 g/mol. The number of fused-ring (bicyclic) bond motifs is 1. The van der Waals surface area contributed by atoms with Gasteiger partial charge in [-0.15, -0.1) is 0 Å². The van der Waals surface area contributed by atoms with Gasteiger partial charge < -0.3 is 4.40 Å². The third kappa shape index (κ3) is 1.90. The van der Waals surface area contributed by atoms with Crippen molar-refractivity contribution in [3.63, 3.8) is 0 Å². The maximum absolute atomic E-state index is 12.8. The molecule has 3 aromatic rings. The smallest absolute Gasteiger partial charge is 0.141 e. The summed E-state index contributed by atoms with van der Waals surface area (Å²) in [6, 6.07) is 4.99. The van der Waals surface area contributed by atoms with Gasteiger partial charge >= 0.3 is 0 Å². The number of hydrogen-bond acceptors (Lipinski definition) is 2. The second kappa shape index (κ2) is 4.17. The third-order valence-electron chi connectivity index (χ3n) is 2.73. The van der Waals surface area contributed by atoms with Gasteiger partial charge in [0, 0.05) is 16.9 Å². The lowest BCUT2D eigenvalue weighted by atomic mass is 10.3. The van der Waals surface area contributed by atoms with Crippen LogP contribution in [0.2, 0.25) is 0 Å². The summed E-state index contributed by atoms with van der Waals surface area (Å²) in [4.78, 5) is 8.50. The van der Waals surface area contributed by atoms with E-state index in [9.17, 15) is 4.39 Å². The van der Waals surface area contributed by atoms with E-state index >= 15 is 0 Å². The molecule has 0 radical (unpaired) electrons. The molecule has 3 nitrogen and oxygen atoms in total. The van der Waals surface area contributed by atoms with Gasteiger partial charge in [-0.25, -0.2) is 9.37 Å². The number of hydrogen-bond donors (Lipinski definition) is 0. The van der Waals surface area contributed by atoms with Crippen LogP contribution in [0.3, 0.4) is 0 Å².